The number of alkyl halides is 3. The van der Waals surface area contributed by atoms with E-state index < -0.39 is 28.6 Å². The van der Waals surface area contributed by atoms with Crippen LogP contribution in [0.15, 0.2) is 30.5 Å². The highest BCUT2D eigenvalue weighted by Crippen LogP contribution is 2.36. The van der Waals surface area contributed by atoms with Crippen molar-refractivity contribution in [3.8, 4) is 0 Å². The molecule has 7 nitrogen and oxygen atoms in total. The second kappa shape index (κ2) is 9.61. The second-order valence-electron chi connectivity index (χ2n) is 8.57. The SMILES string of the molecule is CC(C)c1cc(C(=O)N(C)CC(=O)Nc2ccc(Cl)c(C(F)(F)F)c2)c2cnn(C(C)C)c2n1. The molecule has 0 aliphatic rings. The summed E-state index contributed by atoms with van der Waals surface area (Å²) in [5.41, 5.74) is 0.495. The van der Waals surface area contributed by atoms with Gasteiger partial charge in [0.15, 0.2) is 5.65 Å². The molecule has 0 radical (unpaired) electrons. The van der Waals surface area contributed by atoms with Gasteiger partial charge in [-0.2, -0.15) is 18.3 Å². The van der Waals surface area contributed by atoms with Crippen molar-refractivity contribution >= 4 is 40.1 Å². The van der Waals surface area contributed by atoms with E-state index in [2.05, 4.69) is 15.4 Å². The smallest absolute Gasteiger partial charge is 0.332 e. The maximum Gasteiger partial charge on any atom is 0.417 e. The lowest BCUT2D eigenvalue weighted by molar-refractivity contribution is -0.137. The summed E-state index contributed by atoms with van der Waals surface area (Å²) in [6.07, 6.45) is -3.09. The number of benzene rings is 1. The van der Waals surface area contributed by atoms with Crippen LogP contribution in [0.1, 0.15) is 61.3 Å². The largest absolute Gasteiger partial charge is 0.417 e. The molecule has 1 N–H and O–H groups in total. The second-order valence-corrected chi connectivity index (χ2v) is 8.98. The number of fused-ring (bicyclic) bond motifs is 1. The van der Waals surface area contributed by atoms with E-state index in [1.807, 2.05) is 27.7 Å². The minimum Gasteiger partial charge on any atom is -0.332 e. The molecule has 2 heterocycles. The van der Waals surface area contributed by atoms with Crippen molar-refractivity contribution < 1.29 is 22.8 Å². The molecule has 11 heteroatoms. The molecule has 0 aliphatic heterocycles. The predicted molar refractivity (Wildman–Crippen MR) is 124 cm³/mol. The first kappa shape index (κ1) is 25.5. The maximum absolute atomic E-state index is 13.2. The minimum absolute atomic E-state index is 0.0276. The van der Waals surface area contributed by atoms with Crippen molar-refractivity contribution in [1.29, 1.82) is 0 Å². The standard InChI is InChI=1S/C23H25ClF3N5O2/c1-12(2)19-9-15(16-10-28-32(13(3)4)21(16)30-19)22(34)31(5)11-20(33)29-14-6-7-18(24)17(8-14)23(25,26)27/h6-10,12-13H,11H2,1-5H3,(H,29,33). The third-order valence-corrected chi connectivity index (χ3v) is 5.51. The summed E-state index contributed by atoms with van der Waals surface area (Å²) in [6.45, 7) is 7.44. The number of carbonyl (C=O) groups is 2. The number of hydrogen-bond donors (Lipinski definition) is 1. The summed E-state index contributed by atoms with van der Waals surface area (Å²) in [7, 11) is 1.44. The van der Waals surface area contributed by atoms with Crippen LogP contribution in [0, 0.1) is 0 Å². The number of pyridine rings is 1. The van der Waals surface area contributed by atoms with Gasteiger partial charge in [0.25, 0.3) is 5.91 Å². The fraction of sp³-hybridized carbons (Fsp3) is 0.391. The van der Waals surface area contributed by atoms with Crippen molar-refractivity contribution in [2.24, 2.45) is 0 Å². The van der Waals surface area contributed by atoms with E-state index in [9.17, 15) is 22.8 Å². The highest BCUT2D eigenvalue weighted by atomic mass is 35.5. The molecule has 0 saturated carbocycles. The fourth-order valence-corrected chi connectivity index (χ4v) is 3.63. The van der Waals surface area contributed by atoms with E-state index in [4.69, 9.17) is 11.6 Å². The van der Waals surface area contributed by atoms with E-state index in [1.54, 1.807) is 16.9 Å². The third kappa shape index (κ3) is 5.32. The van der Waals surface area contributed by atoms with Gasteiger partial charge in [0.1, 0.15) is 0 Å². The zero-order valence-corrected chi connectivity index (χ0v) is 20.1. The molecule has 0 saturated heterocycles. The molecular weight excluding hydrogens is 471 g/mol. The molecule has 0 aliphatic carbocycles. The number of hydrogen-bond acceptors (Lipinski definition) is 4. The topological polar surface area (TPSA) is 80.1 Å². The molecule has 0 atom stereocenters. The Morgan fingerprint density at radius 3 is 2.44 bits per heavy atom. The van der Waals surface area contributed by atoms with Gasteiger partial charge in [-0.25, -0.2) is 9.67 Å². The summed E-state index contributed by atoms with van der Waals surface area (Å²) in [5, 5.41) is 6.82. The van der Waals surface area contributed by atoms with Gasteiger partial charge in [-0.3, -0.25) is 9.59 Å². The lowest BCUT2D eigenvalue weighted by atomic mass is 10.0. The van der Waals surface area contributed by atoms with Crippen LogP contribution in [0.3, 0.4) is 0 Å². The minimum atomic E-state index is -4.66. The summed E-state index contributed by atoms with van der Waals surface area (Å²) in [6, 6.07) is 4.79. The van der Waals surface area contributed by atoms with Gasteiger partial charge in [-0.1, -0.05) is 25.4 Å². The summed E-state index contributed by atoms with van der Waals surface area (Å²) in [4.78, 5) is 31.6. The van der Waals surface area contributed by atoms with E-state index in [1.165, 1.54) is 18.0 Å². The molecule has 0 spiro atoms. The van der Waals surface area contributed by atoms with Gasteiger partial charge < -0.3 is 10.2 Å². The predicted octanol–water partition coefficient (Wildman–Crippen LogP) is 5.52. The van der Waals surface area contributed by atoms with Crippen LogP contribution in [-0.4, -0.2) is 45.1 Å². The number of aromatic nitrogens is 3. The quantitative estimate of drug-likeness (QED) is 0.488. The van der Waals surface area contributed by atoms with Crippen LogP contribution in [0.2, 0.25) is 5.02 Å². The number of nitrogens with one attached hydrogen (secondary N) is 1. The highest BCUT2D eigenvalue weighted by molar-refractivity contribution is 6.31. The van der Waals surface area contributed by atoms with E-state index >= 15 is 0 Å². The number of carbonyl (C=O) groups excluding carboxylic acids is 2. The van der Waals surface area contributed by atoms with E-state index in [0.29, 0.717) is 22.3 Å². The average Bonchev–Trinajstić information content (AvgIpc) is 3.17. The van der Waals surface area contributed by atoms with Crippen LogP contribution in [-0.2, 0) is 11.0 Å². The van der Waals surface area contributed by atoms with Crippen LogP contribution in [0.5, 0.6) is 0 Å². The monoisotopic (exact) mass is 495 g/mol. The first-order chi connectivity index (χ1) is 15.8. The number of amides is 2. The molecule has 0 unspecified atom stereocenters. The van der Waals surface area contributed by atoms with Crippen LogP contribution in [0.25, 0.3) is 11.0 Å². The summed E-state index contributed by atoms with van der Waals surface area (Å²) >= 11 is 5.62. The van der Waals surface area contributed by atoms with Gasteiger partial charge in [-0.05, 0) is 44.0 Å². The Morgan fingerprint density at radius 2 is 1.85 bits per heavy atom. The molecule has 2 amide bonds. The third-order valence-electron chi connectivity index (χ3n) is 5.18. The van der Waals surface area contributed by atoms with Crippen LogP contribution in [0.4, 0.5) is 18.9 Å². The Balaban J connectivity index is 1.84. The molecule has 3 rings (SSSR count). The molecule has 182 valence electrons. The lowest BCUT2D eigenvalue weighted by Crippen LogP contribution is -2.35. The molecule has 1 aromatic carbocycles. The van der Waals surface area contributed by atoms with E-state index in [0.717, 1.165) is 12.1 Å². The molecule has 3 aromatic rings. The number of halogens is 4. The molecular formula is C23H25ClF3N5O2. The number of rotatable bonds is 6. The van der Waals surface area contributed by atoms with Crippen LogP contribution >= 0.6 is 11.6 Å². The first-order valence-corrected chi connectivity index (χ1v) is 11.0. The van der Waals surface area contributed by atoms with Gasteiger partial charge in [0.05, 0.1) is 34.3 Å². The fourth-order valence-electron chi connectivity index (χ4n) is 3.40. The van der Waals surface area contributed by atoms with Gasteiger partial charge in [0, 0.05) is 24.5 Å². The average molecular weight is 496 g/mol. The van der Waals surface area contributed by atoms with Gasteiger partial charge in [-0.15, -0.1) is 0 Å². The van der Waals surface area contributed by atoms with Gasteiger partial charge in [0.2, 0.25) is 5.91 Å². The Labute approximate surface area is 199 Å². The number of nitrogens with zero attached hydrogens (tertiary/aromatic N) is 4. The maximum atomic E-state index is 13.2. The molecule has 0 bridgehead atoms. The van der Waals surface area contributed by atoms with Crippen LogP contribution < -0.4 is 5.32 Å². The molecule has 34 heavy (non-hydrogen) atoms. The van der Waals surface area contributed by atoms with Crippen molar-refractivity contribution in [1.82, 2.24) is 19.7 Å². The van der Waals surface area contributed by atoms with Crippen molar-refractivity contribution in [2.45, 2.75) is 45.8 Å². The first-order valence-electron chi connectivity index (χ1n) is 10.6. The Morgan fingerprint density at radius 1 is 1.18 bits per heavy atom. The Bertz CT molecular complexity index is 1240. The summed E-state index contributed by atoms with van der Waals surface area (Å²) < 4.78 is 41.0. The normalized spacial score (nSPS) is 12.0. The zero-order valence-electron chi connectivity index (χ0n) is 19.4. The number of anilines is 1. The van der Waals surface area contributed by atoms with Gasteiger partial charge >= 0.3 is 6.18 Å². The summed E-state index contributed by atoms with van der Waals surface area (Å²) in [5.74, 6) is -1.04. The molecule has 2 aromatic heterocycles. The van der Waals surface area contributed by atoms with Crippen molar-refractivity contribution in [3.05, 3.63) is 52.3 Å². The van der Waals surface area contributed by atoms with E-state index in [-0.39, 0.29) is 24.2 Å². The number of likely N-dealkylation sites (N-methyl/N-ethyl adjacent to an activating group) is 1. The van der Waals surface area contributed by atoms with Crippen molar-refractivity contribution in [2.75, 3.05) is 18.9 Å². The van der Waals surface area contributed by atoms with Crippen molar-refractivity contribution in [3.63, 3.8) is 0 Å². The lowest BCUT2D eigenvalue weighted by Gasteiger charge is -2.19. The zero-order chi connectivity index (χ0) is 25.4. The highest BCUT2D eigenvalue weighted by Gasteiger charge is 2.33. The Hall–Kier alpha value is -3.14. The molecule has 0 fully saturated rings. The Kier molecular flexibility index (Phi) is 7.21.